The zero-order valence-electron chi connectivity index (χ0n) is 18.2. The molecule has 35 heavy (non-hydrogen) atoms. The number of aromatic hydroxyl groups is 1. The average molecular weight is 475 g/mol. The maximum absolute atomic E-state index is 13.7. The van der Waals surface area contributed by atoms with E-state index >= 15 is 0 Å². The van der Waals surface area contributed by atoms with E-state index in [1.165, 1.54) is 12.1 Å². The second-order valence-corrected chi connectivity index (χ2v) is 8.86. The highest BCUT2D eigenvalue weighted by Crippen LogP contribution is 2.55. The molecular weight excluding hydrogens is 454 g/mol. The number of carbonyl (C=O) groups excluding carboxylic acids is 3. The van der Waals surface area contributed by atoms with Crippen molar-refractivity contribution in [1.82, 2.24) is 0 Å². The summed E-state index contributed by atoms with van der Waals surface area (Å²) in [5.74, 6) is -8.48. The first-order chi connectivity index (χ1) is 16.6. The van der Waals surface area contributed by atoms with Crippen LogP contribution in [0.25, 0.3) is 17.4 Å². The monoisotopic (exact) mass is 475 g/mol. The minimum Gasteiger partial charge on any atom is -0.508 e. The summed E-state index contributed by atoms with van der Waals surface area (Å²) in [6.07, 6.45) is -0.603. The zero-order valence-corrected chi connectivity index (χ0v) is 18.2. The van der Waals surface area contributed by atoms with Gasteiger partial charge in [-0.15, -0.1) is 0 Å². The van der Waals surface area contributed by atoms with Crippen molar-refractivity contribution in [2.75, 3.05) is 0 Å². The van der Waals surface area contributed by atoms with E-state index in [0.717, 1.165) is 0 Å². The lowest BCUT2D eigenvalue weighted by molar-refractivity contribution is -0.157. The molecule has 3 aliphatic rings. The minimum atomic E-state index is -2.88. The van der Waals surface area contributed by atoms with Crippen LogP contribution in [0.1, 0.15) is 23.1 Å². The number of nitrogens with two attached hydrogens (primary N) is 1. The molecule has 3 aliphatic carbocycles. The van der Waals surface area contributed by atoms with E-state index in [-0.39, 0.29) is 11.3 Å². The maximum atomic E-state index is 13.7. The van der Waals surface area contributed by atoms with E-state index in [9.17, 15) is 39.9 Å². The van der Waals surface area contributed by atoms with Crippen LogP contribution < -0.4 is 5.73 Å². The van der Waals surface area contributed by atoms with Gasteiger partial charge < -0.3 is 31.3 Å². The van der Waals surface area contributed by atoms with Crippen molar-refractivity contribution in [3.63, 3.8) is 0 Å². The minimum absolute atomic E-state index is 0.0889. The number of fused-ring (bicyclic) bond motifs is 3. The van der Waals surface area contributed by atoms with Crippen LogP contribution in [0.15, 0.2) is 65.4 Å². The molecule has 4 atom stereocenters. The summed E-state index contributed by atoms with van der Waals surface area (Å²) in [4.78, 5) is 38.1. The van der Waals surface area contributed by atoms with E-state index in [0.29, 0.717) is 16.7 Å². The lowest BCUT2D eigenvalue weighted by Crippen LogP contribution is -2.63. The molecule has 9 heteroatoms. The van der Waals surface area contributed by atoms with Crippen LogP contribution in [0.3, 0.4) is 0 Å². The first kappa shape index (κ1) is 22.6. The molecular formula is C26H21NO8. The summed E-state index contributed by atoms with van der Waals surface area (Å²) in [6, 6.07) is 13.4. The highest BCUT2D eigenvalue weighted by Gasteiger charge is 2.64. The number of hydrogen-bond acceptors (Lipinski definition) is 8. The topological polar surface area (TPSA) is 178 Å². The number of benzene rings is 2. The fourth-order valence-electron chi connectivity index (χ4n) is 5.42. The number of aliphatic hydroxyl groups is 4. The van der Waals surface area contributed by atoms with Crippen LogP contribution in [-0.2, 0) is 14.4 Å². The third kappa shape index (κ3) is 2.99. The van der Waals surface area contributed by atoms with Gasteiger partial charge in [0.05, 0.1) is 17.2 Å². The second kappa shape index (κ2) is 7.66. The summed E-state index contributed by atoms with van der Waals surface area (Å²) in [5.41, 5.74) is 2.23. The Hall–Kier alpha value is -4.21. The van der Waals surface area contributed by atoms with Crippen LogP contribution in [0.4, 0.5) is 0 Å². The molecule has 2 aromatic rings. The first-order valence-electron chi connectivity index (χ1n) is 10.8. The Morgan fingerprint density at radius 3 is 2.37 bits per heavy atom. The maximum Gasteiger partial charge on any atom is 0.255 e. The van der Waals surface area contributed by atoms with Gasteiger partial charge in [-0.25, -0.2) is 0 Å². The Kier molecular flexibility index (Phi) is 4.94. The molecule has 4 unspecified atom stereocenters. The van der Waals surface area contributed by atoms with Gasteiger partial charge >= 0.3 is 0 Å². The van der Waals surface area contributed by atoms with Gasteiger partial charge in [0.1, 0.15) is 22.8 Å². The molecule has 0 spiro atoms. The molecule has 0 bridgehead atoms. The number of amides is 1. The molecule has 1 fully saturated rings. The average Bonchev–Trinajstić information content (AvgIpc) is 2.81. The third-order valence-electron chi connectivity index (χ3n) is 7.02. The summed E-state index contributed by atoms with van der Waals surface area (Å²) < 4.78 is 0. The van der Waals surface area contributed by atoms with Crippen molar-refractivity contribution in [2.45, 2.75) is 18.1 Å². The van der Waals surface area contributed by atoms with Gasteiger partial charge in [-0.05, 0) is 22.8 Å². The normalized spacial score (nSPS) is 29.1. The van der Waals surface area contributed by atoms with E-state index < -0.39 is 70.1 Å². The third-order valence-corrected chi connectivity index (χ3v) is 7.02. The van der Waals surface area contributed by atoms with Crippen molar-refractivity contribution in [3.8, 4) is 5.75 Å². The van der Waals surface area contributed by atoms with Gasteiger partial charge in [0, 0.05) is 18.3 Å². The van der Waals surface area contributed by atoms with E-state index in [1.807, 2.05) is 0 Å². The Morgan fingerprint density at radius 2 is 1.71 bits per heavy atom. The van der Waals surface area contributed by atoms with Gasteiger partial charge in [-0.3, -0.25) is 14.4 Å². The van der Waals surface area contributed by atoms with Crippen molar-refractivity contribution < 1.29 is 39.9 Å². The van der Waals surface area contributed by atoms with Crippen molar-refractivity contribution in [3.05, 3.63) is 82.1 Å². The number of phenols is 1. The summed E-state index contributed by atoms with van der Waals surface area (Å²) in [5, 5.41) is 55.2. The number of primary amides is 1. The molecule has 1 saturated carbocycles. The standard InChI is InChI=1S/C26H21NO8/c27-25(34)19-16(29)10-14-21(30)18-13(9-11-5-2-1-3-6-11)12-7-4-8-15(28)17(12)22(31)20(18)24(33)26(14,35)23(19)32/h1-9,14,18,21,28,30-32,35H,10H2,(H2,27,34)/b13-9+. The molecule has 9 nitrogen and oxygen atoms in total. The number of phenolic OH excluding ortho intramolecular Hbond substituents is 1. The van der Waals surface area contributed by atoms with Crippen LogP contribution in [0.5, 0.6) is 5.75 Å². The molecule has 5 rings (SSSR count). The van der Waals surface area contributed by atoms with E-state index in [4.69, 9.17) is 5.73 Å². The molecule has 0 aromatic heterocycles. The van der Waals surface area contributed by atoms with Gasteiger partial charge in [0.25, 0.3) is 5.91 Å². The van der Waals surface area contributed by atoms with Gasteiger partial charge in [-0.1, -0.05) is 48.5 Å². The fourth-order valence-corrected chi connectivity index (χ4v) is 5.42. The molecule has 178 valence electrons. The highest BCUT2D eigenvalue weighted by molar-refractivity contribution is 6.23. The smallest absolute Gasteiger partial charge is 0.255 e. The van der Waals surface area contributed by atoms with Crippen molar-refractivity contribution in [2.24, 2.45) is 17.6 Å². The largest absolute Gasteiger partial charge is 0.508 e. The number of aliphatic hydroxyl groups excluding tert-OH is 3. The second-order valence-electron chi connectivity index (χ2n) is 8.86. The van der Waals surface area contributed by atoms with Crippen LogP contribution >= 0.6 is 0 Å². The number of ketones is 2. The Labute approximate surface area is 198 Å². The highest BCUT2D eigenvalue weighted by atomic mass is 16.4. The predicted octanol–water partition coefficient (Wildman–Crippen LogP) is 1.39. The van der Waals surface area contributed by atoms with E-state index in [2.05, 4.69) is 0 Å². The van der Waals surface area contributed by atoms with E-state index in [1.54, 1.807) is 42.5 Å². The summed E-state index contributed by atoms with van der Waals surface area (Å²) in [7, 11) is 0. The first-order valence-corrected chi connectivity index (χ1v) is 10.8. The molecule has 0 aliphatic heterocycles. The summed E-state index contributed by atoms with van der Waals surface area (Å²) in [6.45, 7) is 0. The van der Waals surface area contributed by atoms with Gasteiger partial charge in [0.15, 0.2) is 11.4 Å². The van der Waals surface area contributed by atoms with Gasteiger partial charge in [0.2, 0.25) is 5.78 Å². The fraction of sp³-hybridized carbons (Fsp3) is 0.192. The lowest BCUT2D eigenvalue weighted by atomic mass is 9.56. The molecule has 2 aromatic carbocycles. The van der Waals surface area contributed by atoms with Gasteiger partial charge in [-0.2, -0.15) is 0 Å². The quantitative estimate of drug-likeness (QED) is 0.353. The Balaban J connectivity index is 1.82. The van der Waals surface area contributed by atoms with Crippen molar-refractivity contribution >= 4 is 34.9 Å². The number of rotatable bonds is 2. The molecule has 0 radical (unpaired) electrons. The predicted molar refractivity (Wildman–Crippen MR) is 123 cm³/mol. The number of carbonyl (C=O) groups is 3. The molecule has 0 heterocycles. The number of hydrogen-bond donors (Lipinski definition) is 6. The van der Waals surface area contributed by atoms with Crippen molar-refractivity contribution in [1.29, 1.82) is 0 Å². The van der Waals surface area contributed by atoms with Crippen LogP contribution in [0.2, 0.25) is 0 Å². The summed E-state index contributed by atoms with van der Waals surface area (Å²) >= 11 is 0. The lowest BCUT2D eigenvalue weighted by Gasteiger charge is -2.49. The Bertz CT molecular complexity index is 1400. The number of Topliss-reactive ketones (excluding diaryl/α,β-unsaturated/α-hetero) is 2. The zero-order chi connectivity index (χ0) is 25.2. The Morgan fingerprint density at radius 1 is 1.03 bits per heavy atom. The van der Waals surface area contributed by atoms with Crippen LogP contribution in [0, 0.1) is 11.8 Å². The molecule has 7 N–H and O–H groups in total. The van der Waals surface area contributed by atoms with Crippen LogP contribution in [-0.4, -0.2) is 54.7 Å². The SMILES string of the molecule is NC(=O)C1=C(O)C2(O)C(=O)C3=C(O)c4c(O)cccc4/C(=C\c4ccccc4)C3C(O)C2CC1=O. The molecule has 1 amide bonds. The molecule has 0 saturated heterocycles.